The maximum atomic E-state index is 12.8. The van der Waals surface area contributed by atoms with E-state index >= 15 is 0 Å². The number of nitrogens with zero attached hydrogens (tertiary/aromatic N) is 6. The molecule has 2 aromatic carbocycles. The minimum atomic E-state index is -0.504. The molecule has 1 fully saturated rings. The van der Waals surface area contributed by atoms with Crippen molar-refractivity contribution in [2.75, 3.05) is 13.1 Å². The molecule has 1 amide bonds. The lowest BCUT2D eigenvalue weighted by Gasteiger charge is -2.31. The molecular formula is C23H19Cl2N7O4. The van der Waals surface area contributed by atoms with Crippen LogP contribution in [0.15, 0.2) is 47.3 Å². The summed E-state index contributed by atoms with van der Waals surface area (Å²) in [6, 6.07) is 10.7. The van der Waals surface area contributed by atoms with Crippen molar-refractivity contribution < 1.29 is 9.72 Å². The number of carbonyl (C=O) groups excluding carboxylic acids is 1. The van der Waals surface area contributed by atoms with Gasteiger partial charge in [-0.25, -0.2) is 9.67 Å². The fourth-order valence-electron chi connectivity index (χ4n) is 4.26. The molecule has 4 aromatic rings. The van der Waals surface area contributed by atoms with Crippen molar-refractivity contribution in [1.29, 1.82) is 0 Å². The maximum absolute atomic E-state index is 12.8. The fraction of sp³-hybridized carbons (Fsp3) is 0.261. The summed E-state index contributed by atoms with van der Waals surface area (Å²) >= 11 is 12.3. The zero-order valence-corrected chi connectivity index (χ0v) is 20.2. The van der Waals surface area contributed by atoms with Gasteiger partial charge < -0.3 is 9.88 Å². The van der Waals surface area contributed by atoms with Crippen molar-refractivity contribution in [3.05, 3.63) is 89.9 Å². The molecule has 1 N–H and O–H groups in total. The van der Waals surface area contributed by atoms with Crippen LogP contribution < -0.4 is 5.56 Å². The van der Waals surface area contributed by atoms with Gasteiger partial charge in [-0.1, -0.05) is 34.5 Å². The zero-order valence-electron chi connectivity index (χ0n) is 18.7. The number of hydrogen-bond acceptors (Lipinski definition) is 7. The Morgan fingerprint density at radius 1 is 1.14 bits per heavy atom. The molecule has 0 unspecified atom stereocenters. The zero-order chi connectivity index (χ0) is 25.4. The minimum absolute atomic E-state index is 0.0644. The van der Waals surface area contributed by atoms with E-state index in [0.717, 1.165) is 5.56 Å². The Labute approximate surface area is 213 Å². The summed E-state index contributed by atoms with van der Waals surface area (Å²) in [4.78, 5) is 45.0. The van der Waals surface area contributed by atoms with Gasteiger partial charge in [-0.3, -0.25) is 19.7 Å². The Kier molecular flexibility index (Phi) is 6.42. The first-order chi connectivity index (χ1) is 17.3. The molecule has 0 spiro atoms. The summed E-state index contributed by atoms with van der Waals surface area (Å²) < 4.78 is 1.52. The van der Waals surface area contributed by atoms with E-state index in [0.29, 0.717) is 53.0 Å². The van der Waals surface area contributed by atoms with Crippen LogP contribution in [0.5, 0.6) is 0 Å². The molecule has 13 heteroatoms. The lowest BCUT2D eigenvalue weighted by Crippen LogP contribution is -2.38. The van der Waals surface area contributed by atoms with E-state index in [4.69, 9.17) is 23.2 Å². The van der Waals surface area contributed by atoms with Crippen LogP contribution >= 0.6 is 23.2 Å². The third kappa shape index (κ3) is 4.67. The van der Waals surface area contributed by atoms with E-state index in [1.54, 1.807) is 23.1 Å². The summed E-state index contributed by atoms with van der Waals surface area (Å²) in [6.07, 6.45) is 1.19. The van der Waals surface area contributed by atoms with Crippen LogP contribution in [0.4, 0.5) is 5.69 Å². The van der Waals surface area contributed by atoms with Crippen LogP contribution in [0.3, 0.4) is 0 Å². The average Bonchev–Trinajstić information content (AvgIpc) is 3.28. The molecule has 0 radical (unpaired) electrons. The molecule has 36 heavy (non-hydrogen) atoms. The number of hydrogen-bond donors (Lipinski definition) is 1. The van der Waals surface area contributed by atoms with E-state index in [9.17, 15) is 19.7 Å². The van der Waals surface area contributed by atoms with Gasteiger partial charge >= 0.3 is 0 Å². The first-order valence-electron chi connectivity index (χ1n) is 11.1. The summed E-state index contributed by atoms with van der Waals surface area (Å²) in [5, 5.41) is 19.9. The van der Waals surface area contributed by atoms with Crippen LogP contribution in [0.25, 0.3) is 11.2 Å². The van der Waals surface area contributed by atoms with Gasteiger partial charge in [-0.2, -0.15) is 0 Å². The molecule has 0 atom stereocenters. The van der Waals surface area contributed by atoms with Crippen molar-refractivity contribution in [2.24, 2.45) is 0 Å². The summed E-state index contributed by atoms with van der Waals surface area (Å²) in [5.74, 6) is 0.258. The van der Waals surface area contributed by atoms with Gasteiger partial charge in [0.1, 0.15) is 5.82 Å². The fourth-order valence-corrected chi connectivity index (χ4v) is 4.73. The largest absolute Gasteiger partial charge is 0.339 e. The summed E-state index contributed by atoms with van der Waals surface area (Å²) in [7, 11) is 0. The van der Waals surface area contributed by atoms with E-state index < -0.39 is 4.92 Å². The Morgan fingerprint density at radius 3 is 2.53 bits per heavy atom. The maximum Gasteiger partial charge on any atom is 0.281 e. The third-order valence-corrected chi connectivity index (χ3v) is 6.81. The number of nitrogens with one attached hydrogen (secondary N) is 1. The van der Waals surface area contributed by atoms with Crippen LogP contribution in [0.1, 0.15) is 40.5 Å². The number of piperidine rings is 1. The van der Waals surface area contributed by atoms with Gasteiger partial charge in [-0.05, 0) is 42.7 Å². The number of aromatic amines is 1. The molecule has 2 aromatic heterocycles. The van der Waals surface area contributed by atoms with E-state index in [1.165, 1.54) is 28.9 Å². The Balaban J connectivity index is 1.32. The SMILES string of the molecule is O=C(c1ccc([N+](=O)[O-])cc1)N1CCC(c2nc3c(nnn3Cc3ccc(Cl)cc3Cl)c(=O)[nH]2)CC1. The number of benzene rings is 2. The monoisotopic (exact) mass is 527 g/mol. The minimum Gasteiger partial charge on any atom is -0.339 e. The number of likely N-dealkylation sites (tertiary alicyclic amines) is 1. The highest BCUT2D eigenvalue weighted by atomic mass is 35.5. The van der Waals surface area contributed by atoms with Crippen molar-refractivity contribution in [3.8, 4) is 0 Å². The second-order valence-corrected chi connectivity index (χ2v) is 9.32. The predicted octanol–water partition coefficient (Wildman–Crippen LogP) is 3.80. The number of nitro groups is 1. The average molecular weight is 528 g/mol. The van der Waals surface area contributed by atoms with E-state index in [2.05, 4.69) is 20.3 Å². The highest BCUT2D eigenvalue weighted by molar-refractivity contribution is 6.35. The number of aromatic nitrogens is 5. The molecule has 0 saturated carbocycles. The molecule has 184 valence electrons. The number of rotatable bonds is 5. The van der Waals surface area contributed by atoms with Crippen LogP contribution in [0.2, 0.25) is 10.0 Å². The van der Waals surface area contributed by atoms with Crippen molar-refractivity contribution >= 4 is 46.0 Å². The third-order valence-electron chi connectivity index (χ3n) is 6.22. The number of fused-ring (bicyclic) bond motifs is 1. The number of halogens is 2. The second kappa shape index (κ2) is 9.67. The summed E-state index contributed by atoms with van der Waals surface area (Å²) in [6.45, 7) is 1.19. The van der Waals surface area contributed by atoms with E-state index in [-0.39, 0.29) is 35.1 Å². The Hall–Kier alpha value is -3.83. The van der Waals surface area contributed by atoms with Crippen molar-refractivity contribution in [3.63, 3.8) is 0 Å². The smallest absolute Gasteiger partial charge is 0.281 e. The predicted molar refractivity (Wildman–Crippen MR) is 132 cm³/mol. The Bertz CT molecular complexity index is 1530. The number of carbonyl (C=O) groups is 1. The number of non-ortho nitro benzene ring substituents is 1. The first kappa shape index (κ1) is 23.9. The molecule has 5 rings (SSSR count). The van der Waals surface area contributed by atoms with Gasteiger partial charge in [0, 0.05) is 46.7 Å². The molecule has 1 aliphatic rings. The van der Waals surface area contributed by atoms with Gasteiger partial charge in [0.2, 0.25) is 0 Å². The van der Waals surface area contributed by atoms with Gasteiger partial charge in [0.15, 0.2) is 11.2 Å². The molecule has 1 aliphatic heterocycles. The van der Waals surface area contributed by atoms with Crippen LogP contribution in [-0.4, -0.2) is 53.8 Å². The topological polar surface area (TPSA) is 140 Å². The number of nitro benzene ring substituents is 1. The molecule has 1 saturated heterocycles. The standard InChI is InChI=1S/C23H19Cl2N7O4/c24-16-4-1-15(18(25)11-16)12-31-21-19(28-29-31)22(33)27-20(26-21)13-7-9-30(10-8-13)23(34)14-2-5-17(6-3-14)32(35)36/h1-6,11,13H,7-10,12H2,(H,26,27,33). The molecule has 0 aliphatic carbocycles. The van der Waals surface area contributed by atoms with Crippen molar-refractivity contribution in [1.82, 2.24) is 29.9 Å². The molecule has 0 bridgehead atoms. The van der Waals surface area contributed by atoms with Crippen molar-refractivity contribution in [2.45, 2.75) is 25.3 Å². The second-order valence-electron chi connectivity index (χ2n) is 8.48. The first-order valence-corrected chi connectivity index (χ1v) is 11.9. The number of amides is 1. The van der Waals surface area contributed by atoms with E-state index in [1.807, 2.05) is 0 Å². The molecular weight excluding hydrogens is 509 g/mol. The van der Waals surface area contributed by atoms with Gasteiger partial charge in [0.25, 0.3) is 17.2 Å². The van der Waals surface area contributed by atoms with Crippen LogP contribution in [-0.2, 0) is 6.54 Å². The Morgan fingerprint density at radius 2 is 1.86 bits per heavy atom. The summed E-state index contributed by atoms with van der Waals surface area (Å²) in [5.41, 5.74) is 1.19. The van der Waals surface area contributed by atoms with Crippen LogP contribution in [0, 0.1) is 10.1 Å². The molecule has 11 nitrogen and oxygen atoms in total. The quantitative estimate of drug-likeness (QED) is 0.307. The lowest BCUT2D eigenvalue weighted by atomic mass is 9.95. The number of H-pyrrole nitrogens is 1. The normalized spacial score (nSPS) is 14.3. The molecule has 3 heterocycles. The lowest BCUT2D eigenvalue weighted by molar-refractivity contribution is -0.384. The van der Waals surface area contributed by atoms with Gasteiger partial charge in [0.05, 0.1) is 11.5 Å². The highest BCUT2D eigenvalue weighted by Gasteiger charge is 2.27. The van der Waals surface area contributed by atoms with Gasteiger partial charge in [-0.15, -0.1) is 5.10 Å². The highest BCUT2D eigenvalue weighted by Crippen LogP contribution is 2.27.